The van der Waals surface area contributed by atoms with Crippen molar-refractivity contribution in [1.29, 1.82) is 0 Å². The van der Waals surface area contributed by atoms with Crippen LogP contribution in [0.1, 0.15) is 27.9 Å². The minimum atomic E-state index is -0.0172. The number of carbonyl (C=O) groups excluding carboxylic acids is 2. The van der Waals surface area contributed by atoms with Crippen molar-refractivity contribution in [3.8, 4) is 0 Å². The van der Waals surface area contributed by atoms with Gasteiger partial charge in [-0.3, -0.25) is 9.59 Å². The predicted molar refractivity (Wildman–Crippen MR) is 108 cm³/mol. The summed E-state index contributed by atoms with van der Waals surface area (Å²) in [5.74, 6) is 0.0388. The average Bonchev–Trinajstić information content (AvgIpc) is 2.68. The molecular weight excluding hydrogens is 338 g/mol. The lowest BCUT2D eigenvalue weighted by Gasteiger charge is -2.32. The van der Waals surface area contributed by atoms with Crippen LogP contribution < -0.4 is 5.32 Å². The lowest BCUT2D eigenvalue weighted by atomic mass is 10.0. The van der Waals surface area contributed by atoms with Gasteiger partial charge in [0.15, 0.2) is 0 Å². The highest BCUT2D eigenvalue weighted by Gasteiger charge is 2.20. The second-order valence-corrected chi connectivity index (χ2v) is 7.15. The smallest absolute Gasteiger partial charge is 0.253 e. The molecule has 3 rings (SSSR count). The van der Waals surface area contributed by atoms with Crippen molar-refractivity contribution >= 4 is 17.5 Å². The first-order chi connectivity index (χ1) is 13.0. The molecule has 0 aromatic heterocycles. The molecule has 0 atom stereocenters. The first-order valence-corrected chi connectivity index (χ1v) is 9.45. The highest BCUT2D eigenvalue weighted by atomic mass is 16.2. The molecule has 1 heterocycles. The number of nitrogens with zero attached hydrogens (tertiary/aromatic N) is 2. The monoisotopic (exact) mass is 365 g/mol. The van der Waals surface area contributed by atoms with Crippen LogP contribution in [0.2, 0.25) is 0 Å². The molecule has 0 radical (unpaired) electrons. The first-order valence-electron chi connectivity index (χ1n) is 9.45. The van der Waals surface area contributed by atoms with Crippen molar-refractivity contribution in [1.82, 2.24) is 9.80 Å². The molecule has 0 unspecified atom stereocenters. The van der Waals surface area contributed by atoms with E-state index in [9.17, 15) is 9.59 Å². The van der Waals surface area contributed by atoms with Crippen LogP contribution in [0.5, 0.6) is 0 Å². The van der Waals surface area contributed by atoms with E-state index < -0.39 is 0 Å². The molecule has 1 fully saturated rings. The third kappa shape index (κ3) is 5.17. The predicted octanol–water partition coefficient (Wildman–Crippen LogP) is 2.95. The van der Waals surface area contributed by atoms with Crippen LogP contribution in [-0.4, -0.2) is 54.8 Å². The molecule has 2 aromatic rings. The van der Waals surface area contributed by atoms with Gasteiger partial charge in [0, 0.05) is 43.9 Å². The summed E-state index contributed by atoms with van der Waals surface area (Å²) in [5.41, 5.74) is 3.79. The average molecular weight is 365 g/mol. The zero-order chi connectivity index (χ0) is 19.2. The van der Waals surface area contributed by atoms with Crippen molar-refractivity contribution in [2.45, 2.75) is 19.8 Å². The van der Waals surface area contributed by atoms with Crippen LogP contribution in [-0.2, 0) is 11.2 Å². The van der Waals surface area contributed by atoms with Gasteiger partial charge < -0.3 is 15.1 Å². The third-order valence-corrected chi connectivity index (χ3v) is 5.09. The molecule has 1 aliphatic heterocycles. The highest BCUT2D eigenvalue weighted by molar-refractivity contribution is 5.96. The molecule has 27 heavy (non-hydrogen) atoms. The number of aryl methyl sites for hydroxylation is 2. The van der Waals surface area contributed by atoms with Crippen LogP contribution in [0.25, 0.3) is 0 Å². The second-order valence-electron chi connectivity index (χ2n) is 7.15. The van der Waals surface area contributed by atoms with Gasteiger partial charge in [0.05, 0.1) is 0 Å². The maximum Gasteiger partial charge on any atom is 0.253 e. The number of benzene rings is 2. The van der Waals surface area contributed by atoms with E-state index >= 15 is 0 Å². The summed E-state index contributed by atoms with van der Waals surface area (Å²) in [6.45, 7) is 5.38. The number of likely N-dealkylation sites (N-methyl/N-ethyl adjacent to an activating group) is 1. The van der Waals surface area contributed by atoms with Crippen molar-refractivity contribution in [3.05, 3.63) is 65.2 Å². The Morgan fingerprint density at radius 1 is 0.963 bits per heavy atom. The van der Waals surface area contributed by atoms with Crippen molar-refractivity contribution < 1.29 is 9.59 Å². The number of nitrogens with one attached hydrogen (secondary N) is 1. The lowest BCUT2D eigenvalue weighted by molar-refractivity contribution is -0.116. The molecule has 0 bridgehead atoms. The van der Waals surface area contributed by atoms with E-state index in [1.807, 2.05) is 17.0 Å². The van der Waals surface area contributed by atoms with E-state index in [4.69, 9.17) is 0 Å². The van der Waals surface area contributed by atoms with Crippen molar-refractivity contribution in [2.75, 3.05) is 38.5 Å². The SMILES string of the molecule is Cc1ccccc1CCC(=O)Nc1ccc(C(=O)N2CCN(C)CC2)cc1. The molecule has 2 amide bonds. The number of anilines is 1. The minimum Gasteiger partial charge on any atom is -0.336 e. The van der Waals surface area contributed by atoms with Crippen LogP contribution >= 0.6 is 0 Å². The summed E-state index contributed by atoms with van der Waals surface area (Å²) in [7, 11) is 2.07. The fraction of sp³-hybridized carbons (Fsp3) is 0.364. The van der Waals surface area contributed by atoms with Gasteiger partial charge in [-0.25, -0.2) is 0 Å². The first kappa shape index (κ1) is 19.1. The lowest BCUT2D eigenvalue weighted by Crippen LogP contribution is -2.47. The number of hydrogen-bond donors (Lipinski definition) is 1. The van der Waals surface area contributed by atoms with Crippen molar-refractivity contribution in [3.63, 3.8) is 0 Å². The molecule has 0 saturated carbocycles. The Morgan fingerprint density at radius 3 is 2.30 bits per heavy atom. The van der Waals surface area contributed by atoms with E-state index in [0.717, 1.165) is 38.3 Å². The highest BCUT2D eigenvalue weighted by Crippen LogP contribution is 2.14. The zero-order valence-corrected chi connectivity index (χ0v) is 16.1. The Kier molecular flexibility index (Phi) is 6.24. The third-order valence-electron chi connectivity index (χ3n) is 5.09. The molecule has 5 heteroatoms. The van der Waals surface area contributed by atoms with E-state index in [-0.39, 0.29) is 11.8 Å². The number of hydrogen-bond acceptors (Lipinski definition) is 3. The Labute approximate surface area is 161 Å². The molecule has 0 spiro atoms. The molecule has 1 aliphatic rings. The molecule has 1 N–H and O–H groups in total. The zero-order valence-electron chi connectivity index (χ0n) is 16.1. The van der Waals surface area contributed by atoms with E-state index in [1.165, 1.54) is 11.1 Å². The van der Waals surface area contributed by atoms with Crippen LogP contribution in [0, 0.1) is 6.92 Å². The number of piperazine rings is 1. The van der Waals surface area contributed by atoms with Gasteiger partial charge in [0.2, 0.25) is 5.91 Å². The van der Waals surface area contributed by atoms with Gasteiger partial charge in [-0.1, -0.05) is 24.3 Å². The maximum absolute atomic E-state index is 12.6. The van der Waals surface area contributed by atoms with Crippen LogP contribution in [0.4, 0.5) is 5.69 Å². The van der Waals surface area contributed by atoms with Gasteiger partial charge in [0.1, 0.15) is 0 Å². The van der Waals surface area contributed by atoms with E-state index in [0.29, 0.717) is 12.0 Å². The van der Waals surface area contributed by atoms with Gasteiger partial charge in [-0.2, -0.15) is 0 Å². The largest absolute Gasteiger partial charge is 0.336 e. The van der Waals surface area contributed by atoms with Gasteiger partial charge >= 0.3 is 0 Å². The molecule has 5 nitrogen and oxygen atoms in total. The summed E-state index contributed by atoms with van der Waals surface area (Å²) in [4.78, 5) is 28.9. The Hall–Kier alpha value is -2.66. The molecule has 0 aliphatic carbocycles. The summed E-state index contributed by atoms with van der Waals surface area (Å²) in [6, 6.07) is 15.3. The fourth-order valence-electron chi connectivity index (χ4n) is 3.25. The number of amides is 2. The van der Waals surface area contributed by atoms with E-state index in [1.54, 1.807) is 24.3 Å². The molecule has 1 saturated heterocycles. The topological polar surface area (TPSA) is 52.7 Å². The summed E-state index contributed by atoms with van der Waals surface area (Å²) in [6.07, 6.45) is 1.16. The number of rotatable bonds is 5. The Bertz CT molecular complexity index is 793. The van der Waals surface area contributed by atoms with Crippen molar-refractivity contribution in [2.24, 2.45) is 0 Å². The number of carbonyl (C=O) groups is 2. The summed E-state index contributed by atoms with van der Waals surface area (Å²) >= 11 is 0. The Morgan fingerprint density at radius 2 is 1.63 bits per heavy atom. The van der Waals surface area contributed by atoms with E-state index in [2.05, 4.69) is 36.3 Å². The molecular formula is C22H27N3O2. The summed E-state index contributed by atoms with van der Waals surface area (Å²) < 4.78 is 0. The van der Waals surface area contributed by atoms with Gasteiger partial charge in [-0.15, -0.1) is 0 Å². The van der Waals surface area contributed by atoms with Gasteiger partial charge in [-0.05, 0) is 55.8 Å². The van der Waals surface area contributed by atoms with Gasteiger partial charge in [0.25, 0.3) is 5.91 Å². The second kappa shape index (κ2) is 8.82. The maximum atomic E-state index is 12.6. The molecule has 2 aromatic carbocycles. The fourth-order valence-corrected chi connectivity index (χ4v) is 3.25. The normalized spacial score (nSPS) is 14.8. The molecule has 142 valence electrons. The summed E-state index contributed by atoms with van der Waals surface area (Å²) in [5, 5.41) is 2.91. The minimum absolute atomic E-state index is 0.0172. The van der Waals surface area contributed by atoms with Crippen LogP contribution in [0.15, 0.2) is 48.5 Å². The Balaban J connectivity index is 1.52. The standard InChI is InChI=1S/C22H27N3O2/c1-17-5-3-4-6-18(17)9-12-21(26)23-20-10-7-19(8-11-20)22(27)25-15-13-24(2)14-16-25/h3-8,10-11H,9,12-16H2,1-2H3,(H,23,26). The van der Waals surface area contributed by atoms with Crippen LogP contribution in [0.3, 0.4) is 0 Å². The quantitative estimate of drug-likeness (QED) is 0.886.